The molecular weight excluding hydrogens is 234 g/mol. The van der Waals surface area contributed by atoms with Crippen molar-refractivity contribution in [1.82, 2.24) is 0 Å². The Morgan fingerprint density at radius 2 is 1.74 bits per heavy atom. The summed E-state index contributed by atoms with van der Waals surface area (Å²) in [5.74, 6) is 0. The molecule has 1 heterocycles. The van der Waals surface area contributed by atoms with Crippen LogP contribution in [0, 0.1) is 0 Å². The van der Waals surface area contributed by atoms with E-state index in [1.54, 1.807) is 0 Å². The highest BCUT2D eigenvalue weighted by atomic mass is 16.3. The Hall–Kier alpha value is -1.80. The van der Waals surface area contributed by atoms with Gasteiger partial charge in [0.15, 0.2) is 0 Å². The molecule has 0 radical (unpaired) electrons. The zero-order valence-corrected chi connectivity index (χ0v) is 11.0. The van der Waals surface area contributed by atoms with E-state index in [1.165, 1.54) is 11.3 Å². The maximum absolute atomic E-state index is 10.2. The van der Waals surface area contributed by atoms with E-state index in [2.05, 4.69) is 41.3 Å². The molecule has 1 N–H and O–H groups in total. The van der Waals surface area contributed by atoms with E-state index in [4.69, 9.17) is 0 Å². The van der Waals surface area contributed by atoms with Crippen LogP contribution in [0.25, 0.3) is 0 Å². The fourth-order valence-electron chi connectivity index (χ4n) is 2.78. The highest BCUT2D eigenvalue weighted by Crippen LogP contribution is 2.33. The number of rotatable bonds is 2. The molecule has 0 spiro atoms. The van der Waals surface area contributed by atoms with E-state index in [9.17, 15) is 5.11 Å². The second kappa shape index (κ2) is 5.45. The molecule has 0 unspecified atom stereocenters. The summed E-state index contributed by atoms with van der Waals surface area (Å²) in [5, 5.41) is 10.2. The number of benzene rings is 2. The summed E-state index contributed by atoms with van der Waals surface area (Å²) < 4.78 is 0. The molecule has 0 bridgehead atoms. The highest BCUT2D eigenvalue weighted by Gasteiger charge is 2.20. The number of hydrogen-bond acceptors (Lipinski definition) is 2. The van der Waals surface area contributed by atoms with Crippen LogP contribution in [0.2, 0.25) is 0 Å². The van der Waals surface area contributed by atoms with Crippen molar-refractivity contribution in [2.75, 3.05) is 11.4 Å². The summed E-state index contributed by atoms with van der Waals surface area (Å²) in [6.07, 6.45) is 1.56. The normalized spacial score (nSPS) is 18.8. The first kappa shape index (κ1) is 12.2. The molecular formula is C17H19NO. The molecule has 0 fully saturated rings. The minimum atomic E-state index is -0.322. The largest absolute Gasteiger partial charge is 0.388 e. The molecule has 2 aromatic rings. The van der Waals surface area contributed by atoms with Crippen LogP contribution in [-0.4, -0.2) is 11.7 Å². The monoisotopic (exact) mass is 253 g/mol. The molecule has 0 amide bonds. The number of nitrogens with zero attached hydrogens (tertiary/aromatic N) is 1. The first-order chi connectivity index (χ1) is 9.34. The van der Waals surface area contributed by atoms with Gasteiger partial charge >= 0.3 is 0 Å². The Bertz CT molecular complexity index is 538. The molecule has 0 aromatic heterocycles. The van der Waals surface area contributed by atoms with Crippen LogP contribution in [0.1, 0.15) is 30.1 Å². The van der Waals surface area contributed by atoms with E-state index in [1.807, 2.05) is 18.2 Å². The minimum absolute atomic E-state index is 0.322. The summed E-state index contributed by atoms with van der Waals surface area (Å²) in [4.78, 5) is 2.38. The second-order valence-electron chi connectivity index (χ2n) is 5.12. The SMILES string of the molecule is O[C@@H]1CCCN(Cc2ccccc2)c2ccccc21. The average Bonchev–Trinajstić information content (AvgIpc) is 2.61. The van der Waals surface area contributed by atoms with Gasteiger partial charge in [-0.15, -0.1) is 0 Å². The molecule has 2 nitrogen and oxygen atoms in total. The van der Waals surface area contributed by atoms with Crippen molar-refractivity contribution in [2.24, 2.45) is 0 Å². The molecule has 2 heteroatoms. The van der Waals surface area contributed by atoms with Gasteiger partial charge < -0.3 is 10.0 Å². The number of fused-ring (bicyclic) bond motifs is 1. The standard InChI is InChI=1S/C17H19NO/c19-17-11-6-12-18(13-14-7-2-1-3-8-14)16-10-5-4-9-15(16)17/h1-5,7-10,17,19H,6,11-13H2/t17-/m1/s1. The van der Waals surface area contributed by atoms with Crippen LogP contribution >= 0.6 is 0 Å². The van der Waals surface area contributed by atoms with Gasteiger partial charge in [-0.05, 0) is 24.5 Å². The molecule has 1 aliphatic heterocycles. The molecule has 1 aliphatic rings. The first-order valence-corrected chi connectivity index (χ1v) is 6.90. The van der Waals surface area contributed by atoms with Crippen LogP contribution in [0.3, 0.4) is 0 Å². The van der Waals surface area contributed by atoms with Crippen molar-refractivity contribution in [3.05, 3.63) is 65.7 Å². The summed E-state index contributed by atoms with van der Waals surface area (Å²) in [5.41, 5.74) is 3.56. The number of aliphatic hydroxyl groups is 1. The fourth-order valence-corrected chi connectivity index (χ4v) is 2.78. The maximum atomic E-state index is 10.2. The van der Waals surface area contributed by atoms with Crippen molar-refractivity contribution < 1.29 is 5.11 Å². The summed E-state index contributed by atoms with van der Waals surface area (Å²) >= 11 is 0. The Labute approximate surface area is 114 Å². The molecule has 98 valence electrons. The molecule has 0 aliphatic carbocycles. The van der Waals surface area contributed by atoms with Gasteiger partial charge in [0.1, 0.15) is 0 Å². The zero-order chi connectivity index (χ0) is 13.1. The predicted molar refractivity (Wildman–Crippen MR) is 78.1 cm³/mol. The number of aliphatic hydroxyl groups excluding tert-OH is 1. The van der Waals surface area contributed by atoms with E-state index in [0.29, 0.717) is 0 Å². The molecule has 1 atom stereocenters. The lowest BCUT2D eigenvalue weighted by Gasteiger charge is -2.25. The second-order valence-corrected chi connectivity index (χ2v) is 5.12. The highest BCUT2D eigenvalue weighted by molar-refractivity contribution is 5.55. The molecule has 2 aromatic carbocycles. The zero-order valence-electron chi connectivity index (χ0n) is 11.0. The maximum Gasteiger partial charge on any atom is 0.0810 e. The fraction of sp³-hybridized carbons (Fsp3) is 0.294. The van der Waals surface area contributed by atoms with Gasteiger partial charge in [0.25, 0.3) is 0 Å². The van der Waals surface area contributed by atoms with Crippen molar-refractivity contribution in [3.8, 4) is 0 Å². The molecule has 0 saturated carbocycles. The quantitative estimate of drug-likeness (QED) is 0.885. The van der Waals surface area contributed by atoms with Crippen LogP contribution in [0.4, 0.5) is 5.69 Å². The van der Waals surface area contributed by atoms with Crippen LogP contribution in [-0.2, 0) is 6.54 Å². The van der Waals surface area contributed by atoms with E-state index < -0.39 is 0 Å². The van der Waals surface area contributed by atoms with E-state index >= 15 is 0 Å². The molecule has 3 rings (SSSR count). The topological polar surface area (TPSA) is 23.5 Å². The third-order valence-electron chi connectivity index (χ3n) is 3.76. The van der Waals surface area contributed by atoms with E-state index in [0.717, 1.165) is 31.5 Å². The van der Waals surface area contributed by atoms with Crippen molar-refractivity contribution in [2.45, 2.75) is 25.5 Å². The van der Waals surface area contributed by atoms with Gasteiger partial charge in [0.2, 0.25) is 0 Å². The molecule has 0 saturated heterocycles. The van der Waals surface area contributed by atoms with Crippen molar-refractivity contribution >= 4 is 5.69 Å². The minimum Gasteiger partial charge on any atom is -0.388 e. The smallest absolute Gasteiger partial charge is 0.0810 e. The van der Waals surface area contributed by atoms with Crippen LogP contribution in [0.5, 0.6) is 0 Å². The average molecular weight is 253 g/mol. The third-order valence-corrected chi connectivity index (χ3v) is 3.76. The lowest BCUT2D eigenvalue weighted by Crippen LogP contribution is -2.23. The lowest BCUT2D eigenvalue weighted by molar-refractivity contribution is 0.168. The Kier molecular flexibility index (Phi) is 3.51. The molecule has 19 heavy (non-hydrogen) atoms. The number of anilines is 1. The van der Waals surface area contributed by atoms with Crippen LogP contribution in [0.15, 0.2) is 54.6 Å². The summed E-state index contributed by atoms with van der Waals surface area (Å²) in [6.45, 7) is 1.91. The van der Waals surface area contributed by atoms with Gasteiger partial charge in [0.05, 0.1) is 6.10 Å². The van der Waals surface area contributed by atoms with Gasteiger partial charge in [-0.2, -0.15) is 0 Å². The number of hydrogen-bond donors (Lipinski definition) is 1. The van der Waals surface area contributed by atoms with Crippen molar-refractivity contribution in [3.63, 3.8) is 0 Å². The predicted octanol–water partition coefficient (Wildman–Crippen LogP) is 3.52. The van der Waals surface area contributed by atoms with Gasteiger partial charge in [-0.25, -0.2) is 0 Å². The van der Waals surface area contributed by atoms with Crippen molar-refractivity contribution in [1.29, 1.82) is 0 Å². The third kappa shape index (κ3) is 2.64. The van der Waals surface area contributed by atoms with Crippen LogP contribution < -0.4 is 4.90 Å². The van der Waals surface area contributed by atoms with Gasteiger partial charge in [-0.1, -0.05) is 48.5 Å². The Morgan fingerprint density at radius 3 is 2.58 bits per heavy atom. The van der Waals surface area contributed by atoms with Gasteiger partial charge in [-0.3, -0.25) is 0 Å². The number of para-hydroxylation sites is 1. The first-order valence-electron chi connectivity index (χ1n) is 6.90. The summed E-state index contributed by atoms with van der Waals surface area (Å²) in [7, 11) is 0. The lowest BCUT2D eigenvalue weighted by atomic mass is 10.0. The summed E-state index contributed by atoms with van der Waals surface area (Å²) in [6, 6.07) is 18.7. The van der Waals surface area contributed by atoms with Gasteiger partial charge in [0, 0.05) is 24.3 Å². The Balaban J connectivity index is 1.91. The van der Waals surface area contributed by atoms with E-state index in [-0.39, 0.29) is 6.10 Å². The Morgan fingerprint density at radius 1 is 1.00 bits per heavy atom.